The molecule has 1 saturated heterocycles. The monoisotopic (exact) mass is 402 g/mol. The van der Waals surface area contributed by atoms with Crippen LogP contribution < -0.4 is 15.1 Å². The molecule has 4 rings (SSSR count). The Kier molecular flexibility index (Phi) is 4.94. The largest absolute Gasteiger partial charge is 0.356 e. The van der Waals surface area contributed by atoms with Gasteiger partial charge in [-0.3, -0.25) is 9.48 Å². The third kappa shape index (κ3) is 3.31. The third-order valence-electron chi connectivity index (χ3n) is 5.46. The van der Waals surface area contributed by atoms with E-state index in [0.717, 1.165) is 28.2 Å². The molecule has 0 unspecified atom stereocenters. The second kappa shape index (κ2) is 7.40. The molecule has 9 nitrogen and oxygen atoms in total. The van der Waals surface area contributed by atoms with Crippen molar-refractivity contribution < 1.29 is 4.79 Å². The van der Waals surface area contributed by atoms with E-state index in [1.165, 1.54) is 0 Å². The molecule has 0 radical (unpaired) electrons. The molecule has 0 atom stereocenters. The molecule has 10 heteroatoms. The SMILES string of the molecule is Cc1cc(CNC(=O)C2(NCl)CCN(c3ncnc4[nH]ccc34)CC2)nn1C. The van der Waals surface area contributed by atoms with Crippen molar-refractivity contribution in [2.24, 2.45) is 7.05 Å². The molecule has 1 fully saturated rings. The van der Waals surface area contributed by atoms with Gasteiger partial charge in [0.1, 0.15) is 23.3 Å². The molecule has 28 heavy (non-hydrogen) atoms. The summed E-state index contributed by atoms with van der Waals surface area (Å²) >= 11 is 6.03. The Balaban J connectivity index is 1.43. The topological polar surface area (TPSA) is 104 Å². The van der Waals surface area contributed by atoms with Crippen LogP contribution in [0.4, 0.5) is 5.82 Å². The lowest BCUT2D eigenvalue weighted by atomic mass is 9.87. The summed E-state index contributed by atoms with van der Waals surface area (Å²) in [4.78, 5) is 29.6. The minimum absolute atomic E-state index is 0.111. The minimum atomic E-state index is -0.813. The molecule has 1 amide bonds. The highest BCUT2D eigenvalue weighted by atomic mass is 35.5. The van der Waals surface area contributed by atoms with Gasteiger partial charge in [0.05, 0.1) is 17.6 Å². The Hall–Kier alpha value is -2.65. The summed E-state index contributed by atoms with van der Waals surface area (Å²) in [5.74, 6) is 0.763. The molecular weight excluding hydrogens is 380 g/mol. The van der Waals surface area contributed by atoms with Crippen molar-refractivity contribution in [3.05, 3.63) is 36.0 Å². The Morgan fingerprint density at radius 1 is 1.36 bits per heavy atom. The molecule has 148 valence electrons. The number of aromatic amines is 1. The van der Waals surface area contributed by atoms with E-state index in [4.69, 9.17) is 11.8 Å². The van der Waals surface area contributed by atoms with E-state index >= 15 is 0 Å². The van der Waals surface area contributed by atoms with Crippen molar-refractivity contribution in [1.29, 1.82) is 0 Å². The molecule has 3 aromatic heterocycles. The van der Waals surface area contributed by atoms with Gasteiger partial charge in [-0.15, -0.1) is 0 Å². The van der Waals surface area contributed by atoms with Gasteiger partial charge >= 0.3 is 0 Å². The maximum atomic E-state index is 12.9. The predicted octanol–water partition coefficient (Wildman–Crippen LogP) is 1.40. The number of nitrogens with one attached hydrogen (secondary N) is 3. The molecule has 3 aromatic rings. The molecule has 0 aliphatic carbocycles. The van der Waals surface area contributed by atoms with Crippen LogP contribution in [0.25, 0.3) is 11.0 Å². The molecule has 0 bridgehead atoms. The summed E-state index contributed by atoms with van der Waals surface area (Å²) in [7, 11) is 1.88. The van der Waals surface area contributed by atoms with Crippen LogP contribution in [0.15, 0.2) is 24.7 Å². The van der Waals surface area contributed by atoms with Crippen molar-refractivity contribution >= 4 is 34.5 Å². The zero-order chi connectivity index (χ0) is 19.7. The number of hydrogen-bond donors (Lipinski definition) is 3. The maximum Gasteiger partial charge on any atom is 0.241 e. The summed E-state index contributed by atoms with van der Waals surface area (Å²) in [6.07, 6.45) is 4.54. The molecular formula is C18H23ClN8O. The van der Waals surface area contributed by atoms with E-state index < -0.39 is 5.54 Å². The number of H-pyrrole nitrogens is 1. The Morgan fingerprint density at radius 3 is 2.82 bits per heavy atom. The zero-order valence-electron chi connectivity index (χ0n) is 15.9. The van der Waals surface area contributed by atoms with Crippen LogP contribution >= 0.6 is 11.8 Å². The van der Waals surface area contributed by atoms with Crippen LogP contribution in [0.1, 0.15) is 24.2 Å². The number of piperidine rings is 1. The van der Waals surface area contributed by atoms with Gasteiger partial charge < -0.3 is 15.2 Å². The zero-order valence-corrected chi connectivity index (χ0v) is 16.6. The number of aryl methyl sites for hydroxylation is 2. The Morgan fingerprint density at radius 2 is 2.14 bits per heavy atom. The van der Waals surface area contributed by atoms with Crippen LogP contribution in [0.3, 0.4) is 0 Å². The highest BCUT2D eigenvalue weighted by Gasteiger charge is 2.41. The first-order valence-corrected chi connectivity index (χ1v) is 9.59. The van der Waals surface area contributed by atoms with Gasteiger partial charge in [-0.25, -0.2) is 14.8 Å². The van der Waals surface area contributed by atoms with Crippen LogP contribution in [0.2, 0.25) is 0 Å². The third-order valence-corrected chi connectivity index (χ3v) is 5.82. The van der Waals surface area contributed by atoms with Gasteiger partial charge in [0, 0.05) is 32.0 Å². The van der Waals surface area contributed by atoms with Crippen LogP contribution in [-0.2, 0) is 18.4 Å². The first-order valence-electron chi connectivity index (χ1n) is 9.21. The van der Waals surface area contributed by atoms with Gasteiger partial charge in [0.2, 0.25) is 5.91 Å². The maximum absolute atomic E-state index is 12.9. The molecule has 1 aliphatic rings. The highest BCUT2D eigenvalue weighted by Crippen LogP contribution is 2.29. The Bertz CT molecular complexity index is 969. The lowest BCUT2D eigenvalue weighted by molar-refractivity contribution is -0.128. The molecule has 0 saturated carbocycles. The molecule has 4 heterocycles. The van der Waals surface area contributed by atoms with E-state index in [1.54, 1.807) is 11.0 Å². The smallest absolute Gasteiger partial charge is 0.241 e. The average molecular weight is 403 g/mol. The molecule has 0 spiro atoms. The van der Waals surface area contributed by atoms with Crippen molar-refractivity contribution in [3.8, 4) is 0 Å². The van der Waals surface area contributed by atoms with Crippen molar-refractivity contribution in [1.82, 2.24) is 34.9 Å². The van der Waals surface area contributed by atoms with Crippen molar-refractivity contribution in [2.75, 3.05) is 18.0 Å². The molecule has 0 aromatic carbocycles. The van der Waals surface area contributed by atoms with E-state index in [2.05, 4.69) is 35.1 Å². The predicted molar refractivity (Wildman–Crippen MR) is 107 cm³/mol. The quantitative estimate of drug-likeness (QED) is 0.557. The summed E-state index contributed by atoms with van der Waals surface area (Å²) < 4.78 is 1.79. The number of hydrogen-bond acceptors (Lipinski definition) is 6. The molecule has 1 aliphatic heterocycles. The van der Waals surface area contributed by atoms with Crippen LogP contribution in [-0.4, -0.2) is 49.3 Å². The number of carbonyl (C=O) groups excluding carboxylic acids is 1. The van der Waals surface area contributed by atoms with Gasteiger partial charge in [-0.2, -0.15) is 5.10 Å². The second-order valence-corrected chi connectivity index (χ2v) is 7.37. The van der Waals surface area contributed by atoms with Gasteiger partial charge in [0.25, 0.3) is 0 Å². The minimum Gasteiger partial charge on any atom is -0.356 e. The number of anilines is 1. The number of nitrogens with zero attached hydrogens (tertiary/aromatic N) is 5. The second-order valence-electron chi connectivity index (χ2n) is 7.18. The fourth-order valence-corrected chi connectivity index (χ4v) is 3.91. The first-order chi connectivity index (χ1) is 13.5. The van der Waals surface area contributed by atoms with Crippen molar-refractivity contribution in [2.45, 2.75) is 31.8 Å². The van der Waals surface area contributed by atoms with E-state index in [0.29, 0.717) is 32.5 Å². The normalized spacial score (nSPS) is 16.5. The van der Waals surface area contributed by atoms with E-state index in [1.807, 2.05) is 32.3 Å². The lowest BCUT2D eigenvalue weighted by Crippen LogP contribution is -2.59. The molecule has 3 N–H and O–H groups in total. The summed E-state index contributed by atoms with van der Waals surface area (Å²) in [6.45, 7) is 3.67. The van der Waals surface area contributed by atoms with E-state index in [-0.39, 0.29) is 5.91 Å². The number of rotatable bonds is 5. The summed E-state index contributed by atoms with van der Waals surface area (Å²) in [5.41, 5.74) is 1.86. The van der Waals surface area contributed by atoms with Crippen LogP contribution in [0, 0.1) is 6.92 Å². The van der Waals surface area contributed by atoms with Crippen molar-refractivity contribution in [3.63, 3.8) is 0 Å². The first kappa shape index (κ1) is 18.7. The Labute approximate surface area is 167 Å². The van der Waals surface area contributed by atoms with Gasteiger partial charge in [-0.05, 0) is 43.7 Å². The van der Waals surface area contributed by atoms with E-state index in [9.17, 15) is 4.79 Å². The number of fused-ring (bicyclic) bond motifs is 1. The average Bonchev–Trinajstić information content (AvgIpc) is 3.32. The highest BCUT2D eigenvalue weighted by molar-refractivity contribution is 6.16. The fraction of sp³-hybridized carbons (Fsp3) is 0.444. The number of amides is 1. The summed E-state index contributed by atoms with van der Waals surface area (Å²) in [6, 6.07) is 3.93. The van der Waals surface area contributed by atoms with Gasteiger partial charge in [0.15, 0.2) is 0 Å². The van der Waals surface area contributed by atoms with Crippen LogP contribution in [0.5, 0.6) is 0 Å². The lowest BCUT2D eigenvalue weighted by Gasteiger charge is -2.40. The number of carbonyl (C=O) groups is 1. The standard InChI is InChI=1S/C18H23ClN8O/c1-12-9-13(24-26(12)2)10-21-17(28)18(25-19)4-7-27(8-5-18)16-14-3-6-20-15(14)22-11-23-16/h3,6,9,11,25H,4-5,7-8,10H2,1-2H3,(H,21,28)(H,20,22,23). The fourth-order valence-electron chi connectivity index (χ4n) is 3.64. The number of aromatic nitrogens is 5. The number of halogens is 1. The van der Waals surface area contributed by atoms with Gasteiger partial charge in [-0.1, -0.05) is 0 Å². The summed E-state index contributed by atoms with van der Waals surface area (Å²) in [5, 5.41) is 8.32.